The Labute approximate surface area is 152 Å². The van der Waals surface area contributed by atoms with E-state index in [9.17, 15) is 30.8 Å². The highest BCUT2D eigenvalue weighted by atomic mass is 35.5. The Morgan fingerprint density at radius 2 is 1.65 bits per heavy atom. The van der Waals surface area contributed by atoms with E-state index in [1.165, 1.54) is 0 Å². The van der Waals surface area contributed by atoms with E-state index >= 15 is 0 Å². The molecule has 2 rings (SSSR count). The first kappa shape index (κ1) is 20.1. The topological polar surface area (TPSA) is 128 Å². The van der Waals surface area contributed by atoms with E-state index in [0.29, 0.717) is 27.8 Å². The molecule has 0 aliphatic carbocycles. The molecule has 0 spiro atoms. The van der Waals surface area contributed by atoms with Crippen LogP contribution in [0.2, 0.25) is 5.02 Å². The van der Waals surface area contributed by atoms with E-state index in [4.69, 9.17) is 11.6 Å². The predicted octanol–water partition coefficient (Wildman–Crippen LogP) is -0.551. The summed E-state index contributed by atoms with van der Waals surface area (Å²) < 4.78 is 63.0. The van der Waals surface area contributed by atoms with Gasteiger partial charge < -0.3 is 0 Å². The lowest BCUT2D eigenvalue weighted by Crippen LogP contribution is -2.39. The van der Waals surface area contributed by atoms with Crippen LogP contribution in [0.1, 0.15) is 0 Å². The monoisotopic (exact) mass is 426 g/mol. The average Bonchev–Trinajstić information content (AvgIpc) is 2.45. The van der Waals surface area contributed by atoms with Crippen molar-refractivity contribution < 1.29 is 21.2 Å². The minimum atomic E-state index is -4.36. The van der Waals surface area contributed by atoms with Crippen molar-refractivity contribution in [3.05, 3.63) is 50.0 Å². The zero-order valence-electron chi connectivity index (χ0n) is 13.5. The molecule has 0 saturated carbocycles. The molecular weight excluding hydrogens is 415 g/mol. The molecule has 0 bridgehead atoms. The van der Waals surface area contributed by atoms with E-state index in [-0.39, 0.29) is 3.71 Å². The van der Waals surface area contributed by atoms with Gasteiger partial charge in [0.2, 0.25) is 20.0 Å². The average molecular weight is 427 g/mol. The third-order valence-electron chi connectivity index (χ3n) is 3.13. The lowest BCUT2D eigenvalue weighted by molar-refractivity contribution is 0.583. The van der Waals surface area contributed by atoms with E-state index in [2.05, 4.69) is 5.10 Å². The molecule has 0 atom stereocenters. The molecule has 0 aliphatic rings. The molecule has 1 aromatic carbocycles. The fourth-order valence-corrected chi connectivity index (χ4v) is 5.40. The number of anilines is 1. The molecule has 0 saturated heterocycles. The van der Waals surface area contributed by atoms with Crippen LogP contribution >= 0.6 is 11.6 Å². The van der Waals surface area contributed by atoms with Crippen LogP contribution in [0, 0.1) is 5.82 Å². The van der Waals surface area contributed by atoms with Gasteiger partial charge in [0.1, 0.15) is 11.9 Å². The molecule has 1 heterocycles. The summed E-state index contributed by atoms with van der Waals surface area (Å²) in [6.07, 6.45) is 1.97. The maximum absolute atomic E-state index is 14.3. The summed E-state index contributed by atoms with van der Waals surface area (Å²) in [5.74, 6) is -1.09. The summed E-state index contributed by atoms with van der Waals surface area (Å²) in [5.41, 5.74) is -2.98. The van der Waals surface area contributed by atoms with Crippen LogP contribution in [0.25, 0.3) is 5.69 Å². The summed E-state index contributed by atoms with van der Waals surface area (Å²) in [6.45, 7) is 0. The van der Waals surface area contributed by atoms with Crippen molar-refractivity contribution in [2.24, 2.45) is 7.05 Å². The standard InChI is InChI=1S/C12H12ClFN4O6S2/c1-16-11(19)6-15-17(12(16)20)10-5-9(7(13)4-8(10)14)18(25(2,21)22)26(3,23)24/h4-6H,1-3H3. The lowest BCUT2D eigenvalue weighted by Gasteiger charge is -2.21. The van der Waals surface area contributed by atoms with E-state index in [0.717, 1.165) is 19.3 Å². The van der Waals surface area contributed by atoms with Gasteiger partial charge in [-0.3, -0.25) is 9.36 Å². The minimum absolute atomic E-state index is 0.00171. The summed E-state index contributed by atoms with van der Waals surface area (Å²) >= 11 is 5.82. The van der Waals surface area contributed by atoms with Crippen molar-refractivity contribution in [3.63, 3.8) is 0 Å². The van der Waals surface area contributed by atoms with Crippen molar-refractivity contribution in [1.82, 2.24) is 14.3 Å². The zero-order chi connectivity index (χ0) is 20.0. The van der Waals surface area contributed by atoms with Crippen LogP contribution in [-0.4, -0.2) is 43.7 Å². The molecule has 0 aliphatic heterocycles. The second-order valence-corrected chi connectivity index (χ2v) is 9.52. The van der Waals surface area contributed by atoms with Crippen molar-refractivity contribution in [3.8, 4) is 5.69 Å². The lowest BCUT2D eigenvalue weighted by atomic mass is 10.2. The summed E-state index contributed by atoms with van der Waals surface area (Å²) in [5, 5.41) is 2.97. The highest BCUT2D eigenvalue weighted by Gasteiger charge is 2.30. The highest BCUT2D eigenvalue weighted by molar-refractivity contribution is 8.09. The fraction of sp³-hybridized carbons (Fsp3) is 0.250. The maximum Gasteiger partial charge on any atom is 0.352 e. The van der Waals surface area contributed by atoms with Crippen molar-refractivity contribution in [2.75, 3.05) is 16.2 Å². The summed E-state index contributed by atoms with van der Waals surface area (Å²) in [4.78, 5) is 23.5. The SMILES string of the molecule is Cn1c(=O)cnn(-c2cc(N(S(C)(=O)=O)S(C)(=O)=O)c(Cl)cc2F)c1=O. The first-order valence-corrected chi connectivity index (χ1v) is 10.7. The number of nitrogens with zero attached hydrogens (tertiary/aromatic N) is 4. The Kier molecular flexibility index (Phi) is 5.00. The van der Waals surface area contributed by atoms with Crippen LogP contribution in [0.3, 0.4) is 0 Å². The number of benzene rings is 1. The number of sulfonamides is 2. The molecule has 26 heavy (non-hydrogen) atoms. The fourth-order valence-electron chi connectivity index (χ4n) is 2.08. The van der Waals surface area contributed by atoms with Gasteiger partial charge in [-0.15, -0.1) is 0 Å². The Bertz CT molecular complexity index is 1190. The molecule has 10 nitrogen and oxygen atoms in total. The van der Waals surface area contributed by atoms with Gasteiger partial charge in [0.25, 0.3) is 5.56 Å². The largest absolute Gasteiger partial charge is 0.352 e. The van der Waals surface area contributed by atoms with E-state index in [1.54, 1.807) is 0 Å². The third kappa shape index (κ3) is 3.64. The second-order valence-electron chi connectivity index (χ2n) is 5.21. The third-order valence-corrected chi connectivity index (χ3v) is 6.65. The highest BCUT2D eigenvalue weighted by Crippen LogP contribution is 2.33. The van der Waals surface area contributed by atoms with Gasteiger partial charge in [-0.05, 0) is 12.1 Å². The Balaban J connectivity index is 2.90. The molecule has 1 aromatic heterocycles. The first-order valence-electron chi connectivity index (χ1n) is 6.60. The van der Waals surface area contributed by atoms with Gasteiger partial charge in [0.15, 0.2) is 5.82 Å². The summed E-state index contributed by atoms with van der Waals surface area (Å²) in [6, 6.07) is 1.37. The van der Waals surface area contributed by atoms with Crippen LogP contribution in [0.4, 0.5) is 10.1 Å². The summed E-state index contributed by atoms with van der Waals surface area (Å²) in [7, 11) is -7.60. The number of rotatable bonds is 4. The minimum Gasteiger partial charge on any atom is -0.267 e. The van der Waals surface area contributed by atoms with Gasteiger partial charge in [0.05, 0.1) is 23.2 Å². The van der Waals surface area contributed by atoms with E-state index < -0.39 is 53.5 Å². The number of hydrogen-bond acceptors (Lipinski definition) is 7. The van der Waals surface area contributed by atoms with Crippen molar-refractivity contribution in [1.29, 1.82) is 0 Å². The molecule has 2 aromatic rings. The molecule has 142 valence electrons. The first-order chi connectivity index (χ1) is 11.7. The molecule has 0 radical (unpaired) electrons. The second kappa shape index (κ2) is 6.48. The van der Waals surface area contributed by atoms with Crippen LogP contribution in [0.15, 0.2) is 27.9 Å². The Morgan fingerprint density at radius 1 is 1.12 bits per heavy atom. The number of hydrogen-bond donors (Lipinski definition) is 0. The molecule has 0 unspecified atom stereocenters. The number of aromatic nitrogens is 3. The van der Waals surface area contributed by atoms with Crippen molar-refractivity contribution in [2.45, 2.75) is 0 Å². The quantitative estimate of drug-likeness (QED) is 0.641. The zero-order valence-corrected chi connectivity index (χ0v) is 15.9. The molecule has 14 heteroatoms. The van der Waals surface area contributed by atoms with Crippen molar-refractivity contribution >= 4 is 37.3 Å². The number of halogens is 2. The molecule has 0 amide bonds. The molecular formula is C12H12ClFN4O6S2. The smallest absolute Gasteiger partial charge is 0.267 e. The van der Waals surface area contributed by atoms with Gasteiger partial charge in [-0.2, -0.15) is 13.5 Å². The normalized spacial score (nSPS) is 12.2. The van der Waals surface area contributed by atoms with E-state index in [1.807, 2.05) is 0 Å². The van der Waals surface area contributed by atoms with Gasteiger partial charge >= 0.3 is 5.69 Å². The Morgan fingerprint density at radius 3 is 2.15 bits per heavy atom. The maximum atomic E-state index is 14.3. The Hall–Kier alpha value is -2.25. The van der Waals surface area contributed by atoms with Crippen LogP contribution < -0.4 is 15.0 Å². The van der Waals surface area contributed by atoms with Gasteiger partial charge in [0, 0.05) is 7.05 Å². The van der Waals surface area contributed by atoms with Gasteiger partial charge in [-0.25, -0.2) is 26.0 Å². The molecule has 0 N–H and O–H groups in total. The van der Waals surface area contributed by atoms with Crippen LogP contribution in [-0.2, 0) is 27.1 Å². The predicted molar refractivity (Wildman–Crippen MR) is 92.2 cm³/mol. The van der Waals surface area contributed by atoms with Crippen LogP contribution in [0.5, 0.6) is 0 Å². The van der Waals surface area contributed by atoms with Gasteiger partial charge in [-0.1, -0.05) is 11.6 Å². The molecule has 0 fully saturated rings.